The van der Waals surface area contributed by atoms with Crippen molar-refractivity contribution in [2.75, 3.05) is 66.7 Å². The van der Waals surface area contributed by atoms with E-state index in [0.29, 0.717) is 13.2 Å². The molecular weight excluding hydrogens is 604 g/mol. The summed E-state index contributed by atoms with van der Waals surface area (Å²) in [6.07, 6.45) is 12.9. The zero-order valence-electron chi connectivity index (χ0n) is 28.1. The molecule has 252 valence electrons. The topological polar surface area (TPSA) is 101 Å². The van der Waals surface area contributed by atoms with Crippen molar-refractivity contribution in [3.63, 3.8) is 0 Å². The van der Waals surface area contributed by atoms with Gasteiger partial charge in [-0.15, -0.1) is 0 Å². The molecule has 8 rings (SSSR count). The Balaban J connectivity index is 0.000000152. The molecule has 2 aromatic carbocycles. The standard InChI is InChI=1S/2C19H23N3O2/c1-23-18-11-14-15-13-20-6-5-16(15)21-17(14)12-19(18)24-10-4-9-22-7-2-3-8-22;1-23-17-12-15-14-6-4-7-20-19(14)21-16(15)13-18(17)24-11-5-10-22-8-2-3-9-22/h5-6,11-13,21H,2-4,7-10H2,1H3;4,6-7,12-13H,2-3,5,8-11H2,1H3,(H,20,21). The van der Waals surface area contributed by atoms with E-state index in [-0.39, 0.29) is 0 Å². The van der Waals surface area contributed by atoms with Crippen molar-refractivity contribution in [1.82, 2.24) is 29.7 Å². The lowest BCUT2D eigenvalue weighted by atomic mass is 10.2. The molecule has 10 nitrogen and oxygen atoms in total. The fourth-order valence-electron chi connectivity index (χ4n) is 6.98. The molecule has 0 radical (unpaired) electrons. The molecule has 0 aliphatic carbocycles. The van der Waals surface area contributed by atoms with Gasteiger partial charge in [-0.25, -0.2) is 4.98 Å². The van der Waals surface area contributed by atoms with Crippen molar-refractivity contribution in [1.29, 1.82) is 0 Å². The van der Waals surface area contributed by atoms with Crippen LogP contribution in [0, 0.1) is 0 Å². The SMILES string of the molecule is COc1cc2c(cc1OCCCN1CCCC1)[nH]c1ccncc12.COc1cc2c(cc1OCCCN1CCCC1)[nH]c1ncccc12. The van der Waals surface area contributed by atoms with Gasteiger partial charge in [-0.2, -0.15) is 0 Å². The van der Waals surface area contributed by atoms with Crippen LogP contribution in [0.25, 0.3) is 43.7 Å². The summed E-state index contributed by atoms with van der Waals surface area (Å²) in [6.45, 7) is 8.58. The Labute approximate surface area is 281 Å². The van der Waals surface area contributed by atoms with Gasteiger partial charge in [0.05, 0.1) is 38.5 Å². The van der Waals surface area contributed by atoms with E-state index in [9.17, 15) is 0 Å². The predicted octanol–water partition coefficient (Wildman–Crippen LogP) is 7.18. The third-order valence-electron chi connectivity index (χ3n) is 9.49. The number of likely N-dealkylation sites (tertiary alicyclic amines) is 2. The quantitative estimate of drug-likeness (QED) is 0.134. The summed E-state index contributed by atoms with van der Waals surface area (Å²) in [5.74, 6) is 3.13. The Kier molecular flexibility index (Phi) is 10.1. The van der Waals surface area contributed by atoms with Gasteiger partial charge in [0.25, 0.3) is 0 Å². The van der Waals surface area contributed by atoms with E-state index in [2.05, 4.69) is 35.8 Å². The molecule has 2 aliphatic rings. The maximum absolute atomic E-state index is 6.00. The van der Waals surface area contributed by atoms with Crippen LogP contribution in [0.5, 0.6) is 23.0 Å². The Hall–Kier alpha value is -4.54. The number of rotatable bonds is 12. The summed E-state index contributed by atoms with van der Waals surface area (Å²) >= 11 is 0. The first-order chi connectivity index (χ1) is 23.7. The van der Waals surface area contributed by atoms with E-state index in [1.807, 2.05) is 42.6 Å². The number of benzene rings is 2. The first kappa shape index (κ1) is 32.0. The highest BCUT2D eigenvalue weighted by atomic mass is 16.5. The Morgan fingerprint density at radius 3 is 1.81 bits per heavy atom. The molecule has 2 fully saturated rings. The third kappa shape index (κ3) is 7.15. The van der Waals surface area contributed by atoms with Crippen molar-refractivity contribution in [3.05, 3.63) is 61.1 Å². The zero-order valence-corrected chi connectivity index (χ0v) is 28.1. The second-order valence-electron chi connectivity index (χ2n) is 12.7. The number of nitrogens with zero attached hydrogens (tertiary/aromatic N) is 4. The van der Waals surface area contributed by atoms with Crippen LogP contribution in [0.3, 0.4) is 0 Å². The van der Waals surface area contributed by atoms with Crippen LogP contribution in [0.15, 0.2) is 61.1 Å². The summed E-state index contributed by atoms with van der Waals surface area (Å²) in [6, 6.07) is 14.1. The molecule has 6 heterocycles. The highest BCUT2D eigenvalue weighted by Gasteiger charge is 2.15. The normalized spacial score (nSPS) is 15.4. The van der Waals surface area contributed by atoms with E-state index in [1.54, 1.807) is 26.6 Å². The van der Waals surface area contributed by atoms with Crippen LogP contribution in [0.1, 0.15) is 38.5 Å². The number of fused-ring (bicyclic) bond motifs is 6. The molecule has 4 aromatic heterocycles. The number of aromatic amines is 2. The van der Waals surface area contributed by atoms with Gasteiger partial charge in [-0.1, -0.05) is 0 Å². The minimum Gasteiger partial charge on any atom is -0.493 e. The van der Waals surface area contributed by atoms with Gasteiger partial charge in [0.2, 0.25) is 0 Å². The van der Waals surface area contributed by atoms with Crippen molar-refractivity contribution in [2.24, 2.45) is 0 Å². The van der Waals surface area contributed by atoms with E-state index in [1.165, 1.54) is 51.9 Å². The number of hydrogen-bond donors (Lipinski definition) is 2. The van der Waals surface area contributed by atoms with Crippen LogP contribution >= 0.6 is 0 Å². The minimum absolute atomic E-state index is 0.705. The van der Waals surface area contributed by atoms with Gasteiger partial charge in [-0.3, -0.25) is 4.98 Å². The lowest BCUT2D eigenvalue weighted by molar-refractivity contribution is 0.254. The summed E-state index contributed by atoms with van der Waals surface area (Å²) in [4.78, 5) is 20.4. The van der Waals surface area contributed by atoms with Gasteiger partial charge in [-0.05, 0) is 95.0 Å². The summed E-state index contributed by atoms with van der Waals surface area (Å²) in [5.41, 5.74) is 4.04. The maximum Gasteiger partial charge on any atom is 0.163 e. The highest BCUT2D eigenvalue weighted by Crippen LogP contribution is 2.37. The van der Waals surface area contributed by atoms with Crippen LogP contribution in [-0.4, -0.2) is 96.4 Å². The van der Waals surface area contributed by atoms with Crippen molar-refractivity contribution in [2.45, 2.75) is 38.5 Å². The molecule has 6 aromatic rings. The summed E-state index contributed by atoms with van der Waals surface area (Å²) in [5, 5.41) is 4.43. The molecule has 2 N–H and O–H groups in total. The van der Waals surface area contributed by atoms with Gasteiger partial charge in [0, 0.05) is 70.9 Å². The van der Waals surface area contributed by atoms with Crippen LogP contribution < -0.4 is 18.9 Å². The summed E-state index contributed by atoms with van der Waals surface area (Å²) < 4.78 is 23.1. The van der Waals surface area contributed by atoms with E-state index < -0.39 is 0 Å². The van der Waals surface area contributed by atoms with Gasteiger partial charge >= 0.3 is 0 Å². The summed E-state index contributed by atoms with van der Waals surface area (Å²) in [7, 11) is 3.37. The second kappa shape index (κ2) is 15.1. The number of aromatic nitrogens is 4. The molecule has 0 saturated carbocycles. The Bertz CT molecular complexity index is 1820. The van der Waals surface area contributed by atoms with Gasteiger partial charge in [0.15, 0.2) is 23.0 Å². The first-order valence-electron chi connectivity index (χ1n) is 17.3. The number of pyridine rings is 2. The number of hydrogen-bond acceptors (Lipinski definition) is 8. The predicted molar refractivity (Wildman–Crippen MR) is 192 cm³/mol. The maximum atomic E-state index is 6.00. The van der Waals surface area contributed by atoms with Crippen LogP contribution in [0.4, 0.5) is 0 Å². The van der Waals surface area contributed by atoms with Crippen molar-refractivity contribution < 1.29 is 18.9 Å². The molecular formula is C38H46N6O4. The Morgan fingerprint density at radius 1 is 0.625 bits per heavy atom. The average molecular weight is 651 g/mol. The van der Waals surface area contributed by atoms with E-state index in [0.717, 1.165) is 92.7 Å². The number of nitrogens with one attached hydrogen (secondary N) is 2. The fourth-order valence-corrected chi connectivity index (χ4v) is 6.98. The number of methoxy groups -OCH3 is 2. The van der Waals surface area contributed by atoms with E-state index >= 15 is 0 Å². The number of ether oxygens (including phenoxy) is 4. The van der Waals surface area contributed by atoms with Crippen LogP contribution in [0.2, 0.25) is 0 Å². The molecule has 0 spiro atoms. The Morgan fingerprint density at radius 2 is 1.21 bits per heavy atom. The average Bonchev–Trinajstić information content (AvgIpc) is 3.95. The molecule has 2 aliphatic heterocycles. The van der Waals surface area contributed by atoms with Gasteiger partial charge in [0.1, 0.15) is 5.65 Å². The molecule has 0 unspecified atom stereocenters. The van der Waals surface area contributed by atoms with Crippen molar-refractivity contribution in [3.8, 4) is 23.0 Å². The van der Waals surface area contributed by atoms with E-state index in [4.69, 9.17) is 18.9 Å². The lowest BCUT2D eigenvalue weighted by Gasteiger charge is -2.15. The monoisotopic (exact) mass is 650 g/mol. The third-order valence-corrected chi connectivity index (χ3v) is 9.49. The van der Waals surface area contributed by atoms with Crippen molar-refractivity contribution >= 4 is 43.7 Å². The first-order valence-corrected chi connectivity index (χ1v) is 17.3. The fraction of sp³-hybridized carbons (Fsp3) is 0.421. The van der Waals surface area contributed by atoms with Gasteiger partial charge < -0.3 is 38.7 Å². The lowest BCUT2D eigenvalue weighted by Crippen LogP contribution is -2.21. The number of H-pyrrole nitrogens is 2. The van der Waals surface area contributed by atoms with Crippen LogP contribution in [-0.2, 0) is 0 Å². The molecule has 0 atom stereocenters. The second-order valence-corrected chi connectivity index (χ2v) is 12.7. The largest absolute Gasteiger partial charge is 0.493 e. The molecule has 0 bridgehead atoms. The smallest absolute Gasteiger partial charge is 0.163 e. The molecule has 10 heteroatoms. The molecule has 0 amide bonds. The molecule has 48 heavy (non-hydrogen) atoms. The molecule has 2 saturated heterocycles. The highest BCUT2D eigenvalue weighted by molar-refractivity contribution is 6.08. The zero-order chi connectivity index (χ0) is 32.7. The minimum atomic E-state index is 0.705.